The van der Waals surface area contributed by atoms with Crippen LogP contribution in [0.2, 0.25) is 0 Å². The number of likely N-dealkylation sites (N-methyl/N-ethyl adjacent to an activating group) is 1. The zero-order valence-corrected chi connectivity index (χ0v) is 16.8. The van der Waals surface area contributed by atoms with Gasteiger partial charge in [-0.2, -0.15) is 5.10 Å². The molecule has 1 aromatic rings. The molecule has 6 nitrogen and oxygen atoms in total. The zero-order chi connectivity index (χ0) is 18.4. The molecule has 1 aromatic heterocycles. The summed E-state index contributed by atoms with van der Waals surface area (Å²) in [6.45, 7) is 8.46. The van der Waals surface area contributed by atoms with Crippen LogP contribution in [0.5, 0.6) is 0 Å². The van der Waals surface area contributed by atoms with E-state index >= 15 is 0 Å². The number of aryl methyl sites for hydroxylation is 1. The number of aromatic nitrogens is 2. The summed E-state index contributed by atoms with van der Waals surface area (Å²) in [5, 5.41) is 11.3. The smallest absolute Gasteiger partial charge is 0.191 e. The fourth-order valence-electron chi connectivity index (χ4n) is 3.41. The van der Waals surface area contributed by atoms with Crippen LogP contribution in [-0.2, 0) is 7.05 Å². The third-order valence-electron chi connectivity index (χ3n) is 5.18. The summed E-state index contributed by atoms with van der Waals surface area (Å²) in [6.07, 6.45) is 9.00. The maximum atomic E-state index is 4.87. The highest BCUT2D eigenvalue weighted by Gasteiger charge is 2.27. The summed E-state index contributed by atoms with van der Waals surface area (Å²) in [6, 6.07) is 0.761. The Hall–Kier alpha value is -1.56. The largest absolute Gasteiger partial charge is 0.357 e. The molecule has 0 spiro atoms. The Balaban J connectivity index is 2.00. The Morgan fingerprint density at radius 1 is 1.40 bits per heavy atom. The van der Waals surface area contributed by atoms with Gasteiger partial charge in [0.15, 0.2) is 5.96 Å². The predicted octanol–water partition coefficient (Wildman–Crippen LogP) is 2.55. The standard InChI is InChI=1S/C19H36N6/c1-7-20-18(23-16-8-10-19(2,3)11-9-16)21-13-17(24(4)5)15-12-22-25(6)14-15/h12,14,16-17H,7-11,13H2,1-6H3,(H2,20,21,23). The van der Waals surface area contributed by atoms with Crippen molar-refractivity contribution in [2.75, 3.05) is 27.2 Å². The summed E-state index contributed by atoms with van der Waals surface area (Å²) < 4.78 is 1.85. The van der Waals surface area contributed by atoms with Crippen molar-refractivity contribution in [1.82, 2.24) is 25.3 Å². The molecule has 0 aliphatic heterocycles. The third-order valence-corrected chi connectivity index (χ3v) is 5.18. The molecule has 0 amide bonds. The highest BCUT2D eigenvalue weighted by Crippen LogP contribution is 2.34. The number of hydrogen-bond acceptors (Lipinski definition) is 3. The Morgan fingerprint density at radius 2 is 2.08 bits per heavy atom. The van der Waals surface area contributed by atoms with Crippen LogP contribution < -0.4 is 10.6 Å². The monoisotopic (exact) mass is 348 g/mol. The first-order valence-corrected chi connectivity index (χ1v) is 9.50. The van der Waals surface area contributed by atoms with Gasteiger partial charge in [-0.1, -0.05) is 13.8 Å². The second-order valence-corrected chi connectivity index (χ2v) is 8.23. The third kappa shape index (κ3) is 6.03. The summed E-state index contributed by atoms with van der Waals surface area (Å²) >= 11 is 0. The normalized spacial score (nSPS) is 19.9. The Kier molecular flexibility index (Phi) is 6.87. The van der Waals surface area contributed by atoms with Gasteiger partial charge in [0.2, 0.25) is 0 Å². The Bertz CT molecular complexity index is 550. The van der Waals surface area contributed by atoms with Crippen LogP contribution in [0.15, 0.2) is 17.4 Å². The lowest BCUT2D eigenvalue weighted by molar-refractivity contribution is 0.216. The van der Waals surface area contributed by atoms with Gasteiger partial charge in [-0.05, 0) is 52.1 Å². The van der Waals surface area contributed by atoms with Gasteiger partial charge in [0.25, 0.3) is 0 Å². The van der Waals surface area contributed by atoms with Crippen LogP contribution in [0.4, 0.5) is 0 Å². The molecule has 1 saturated carbocycles. The summed E-state index contributed by atoms with van der Waals surface area (Å²) in [7, 11) is 6.14. The highest BCUT2D eigenvalue weighted by atomic mass is 15.3. The maximum absolute atomic E-state index is 4.87. The lowest BCUT2D eigenvalue weighted by atomic mass is 9.75. The van der Waals surface area contributed by atoms with E-state index in [-0.39, 0.29) is 6.04 Å². The van der Waals surface area contributed by atoms with Gasteiger partial charge in [0.05, 0.1) is 18.8 Å². The van der Waals surface area contributed by atoms with E-state index in [9.17, 15) is 0 Å². The number of nitrogens with one attached hydrogen (secondary N) is 2. The molecule has 1 heterocycles. The minimum atomic E-state index is 0.231. The van der Waals surface area contributed by atoms with Gasteiger partial charge < -0.3 is 15.5 Å². The molecule has 0 bridgehead atoms. The SMILES string of the molecule is CCNC(=NCC(c1cnn(C)c1)N(C)C)NC1CCC(C)(C)CC1. The number of rotatable bonds is 6. The van der Waals surface area contributed by atoms with Crippen molar-refractivity contribution in [3.05, 3.63) is 18.0 Å². The van der Waals surface area contributed by atoms with Crippen molar-refractivity contribution in [3.8, 4) is 0 Å². The van der Waals surface area contributed by atoms with Crippen LogP contribution >= 0.6 is 0 Å². The van der Waals surface area contributed by atoms with Crippen molar-refractivity contribution in [2.45, 2.75) is 58.5 Å². The van der Waals surface area contributed by atoms with E-state index < -0.39 is 0 Å². The predicted molar refractivity (Wildman–Crippen MR) is 105 cm³/mol. The average molecular weight is 349 g/mol. The summed E-state index contributed by atoms with van der Waals surface area (Å²) in [4.78, 5) is 7.07. The topological polar surface area (TPSA) is 57.5 Å². The zero-order valence-electron chi connectivity index (χ0n) is 16.8. The lowest BCUT2D eigenvalue weighted by Gasteiger charge is -2.35. The van der Waals surface area contributed by atoms with Gasteiger partial charge >= 0.3 is 0 Å². The second-order valence-electron chi connectivity index (χ2n) is 8.23. The van der Waals surface area contributed by atoms with Crippen LogP contribution in [-0.4, -0.2) is 53.9 Å². The first-order valence-electron chi connectivity index (χ1n) is 9.50. The molecule has 1 atom stereocenters. The molecule has 2 N–H and O–H groups in total. The first-order chi connectivity index (χ1) is 11.8. The van der Waals surface area contributed by atoms with Gasteiger partial charge in [-0.15, -0.1) is 0 Å². The van der Waals surface area contributed by atoms with Gasteiger partial charge in [0.1, 0.15) is 0 Å². The van der Waals surface area contributed by atoms with Crippen LogP contribution in [0.1, 0.15) is 58.1 Å². The van der Waals surface area contributed by atoms with Crippen molar-refractivity contribution < 1.29 is 0 Å². The van der Waals surface area contributed by atoms with E-state index in [1.807, 2.05) is 17.9 Å². The number of nitrogens with zero attached hydrogens (tertiary/aromatic N) is 4. The average Bonchev–Trinajstić information content (AvgIpc) is 2.95. The fraction of sp³-hybridized carbons (Fsp3) is 0.789. The molecule has 0 saturated heterocycles. The molecule has 0 aromatic carbocycles. The van der Waals surface area contributed by atoms with Crippen molar-refractivity contribution in [1.29, 1.82) is 0 Å². The van der Waals surface area contributed by atoms with Gasteiger partial charge in [-0.3, -0.25) is 9.67 Å². The number of guanidine groups is 1. The molecule has 0 radical (unpaired) electrons. The first kappa shape index (κ1) is 19.8. The van der Waals surface area contributed by atoms with Crippen molar-refractivity contribution in [2.24, 2.45) is 17.5 Å². The fourth-order valence-corrected chi connectivity index (χ4v) is 3.41. The molecule has 1 aliphatic rings. The van der Waals surface area contributed by atoms with E-state index in [0.29, 0.717) is 18.0 Å². The number of aliphatic imine (C=N–C) groups is 1. The van der Waals surface area contributed by atoms with Gasteiger partial charge in [-0.25, -0.2) is 0 Å². The van der Waals surface area contributed by atoms with E-state index in [0.717, 1.165) is 12.5 Å². The van der Waals surface area contributed by atoms with E-state index in [1.54, 1.807) is 0 Å². The molecular weight excluding hydrogens is 312 g/mol. The molecule has 6 heteroatoms. The van der Waals surface area contributed by atoms with E-state index in [1.165, 1.54) is 31.2 Å². The summed E-state index contributed by atoms with van der Waals surface area (Å²) in [5.74, 6) is 0.933. The van der Waals surface area contributed by atoms with Crippen molar-refractivity contribution in [3.63, 3.8) is 0 Å². The lowest BCUT2D eigenvalue weighted by Crippen LogP contribution is -2.46. The van der Waals surface area contributed by atoms with Gasteiger partial charge in [0, 0.05) is 31.4 Å². The molecule has 142 valence electrons. The summed E-state index contributed by atoms with van der Waals surface area (Å²) in [5.41, 5.74) is 1.69. The second kappa shape index (κ2) is 8.70. The molecule has 25 heavy (non-hydrogen) atoms. The van der Waals surface area contributed by atoms with Crippen LogP contribution in [0.3, 0.4) is 0 Å². The minimum Gasteiger partial charge on any atom is -0.357 e. The van der Waals surface area contributed by atoms with E-state index in [2.05, 4.69) is 61.7 Å². The molecular formula is C19H36N6. The maximum Gasteiger partial charge on any atom is 0.191 e. The Labute approximate surface area is 153 Å². The molecule has 2 rings (SSSR count). The van der Waals surface area contributed by atoms with E-state index in [4.69, 9.17) is 4.99 Å². The Morgan fingerprint density at radius 3 is 2.60 bits per heavy atom. The van der Waals surface area contributed by atoms with Crippen LogP contribution in [0.25, 0.3) is 0 Å². The quantitative estimate of drug-likeness (QED) is 0.613. The van der Waals surface area contributed by atoms with Crippen molar-refractivity contribution >= 4 is 5.96 Å². The highest BCUT2D eigenvalue weighted by molar-refractivity contribution is 5.80. The molecule has 1 unspecified atom stereocenters. The molecule has 1 aliphatic carbocycles. The number of hydrogen-bond donors (Lipinski definition) is 2. The molecule has 1 fully saturated rings. The van der Waals surface area contributed by atoms with Crippen LogP contribution in [0, 0.1) is 5.41 Å². The minimum absolute atomic E-state index is 0.231.